The molecule has 4 nitrogen and oxygen atoms in total. The highest BCUT2D eigenvalue weighted by atomic mass is 16.5. The van der Waals surface area contributed by atoms with Crippen LogP contribution in [0.1, 0.15) is 24.8 Å². The molecular formula is C14H20N2O2. The number of benzene rings is 1. The van der Waals surface area contributed by atoms with E-state index in [-0.39, 0.29) is 17.9 Å². The number of para-hydroxylation sites is 1. The Kier molecular flexibility index (Phi) is 4.20. The first-order valence-electron chi connectivity index (χ1n) is 6.38. The van der Waals surface area contributed by atoms with Gasteiger partial charge < -0.3 is 15.4 Å². The van der Waals surface area contributed by atoms with E-state index in [9.17, 15) is 4.79 Å². The second-order valence-corrected chi connectivity index (χ2v) is 4.59. The standard InChI is InChI=1S/C14H20N2O2/c1-3-10(9-18-2)16-14(17)12-8-15-13-7-5-4-6-11(12)13/h4-7,10,12,15H,3,8-9H2,1-2H3,(H,16,17). The number of hydrogen-bond donors (Lipinski definition) is 2. The van der Waals surface area contributed by atoms with Crippen LogP contribution in [0.5, 0.6) is 0 Å². The van der Waals surface area contributed by atoms with E-state index in [1.807, 2.05) is 31.2 Å². The van der Waals surface area contributed by atoms with Crippen molar-refractivity contribution in [3.8, 4) is 0 Å². The Balaban J connectivity index is 2.03. The maximum atomic E-state index is 12.2. The number of nitrogens with one attached hydrogen (secondary N) is 2. The highest BCUT2D eigenvalue weighted by Gasteiger charge is 2.28. The highest BCUT2D eigenvalue weighted by molar-refractivity contribution is 5.88. The molecule has 1 aliphatic heterocycles. The first-order valence-corrected chi connectivity index (χ1v) is 6.38. The van der Waals surface area contributed by atoms with Crippen LogP contribution >= 0.6 is 0 Å². The van der Waals surface area contributed by atoms with Gasteiger partial charge in [-0.15, -0.1) is 0 Å². The molecule has 1 aliphatic rings. The zero-order valence-electron chi connectivity index (χ0n) is 10.9. The number of fused-ring (bicyclic) bond motifs is 1. The number of anilines is 1. The van der Waals surface area contributed by atoms with Crippen LogP contribution in [0.2, 0.25) is 0 Å². The largest absolute Gasteiger partial charge is 0.384 e. The van der Waals surface area contributed by atoms with E-state index in [0.717, 1.165) is 17.7 Å². The van der Waals surface area contributed by atoms with Crippen LogP contribution in [0.15, 0.2) is 24.3 Å². The minimum atomic E-state index is -0.0906. The fourth-order valence-electron chi connectivity index (χ4n) is 2.28. The van der Waals surface area contributed by atoms with Gasteiger partial charge in [-0.05, 0) is 18.1 Å². The predicted octanol–water partition coefficient (Wildman–Crippen LogP) is 1.74. The van der Waals surface area contributed by atoms with Gasteiger partial charge in [-0.2, -0.15) is 0 Å². The van der Waals surface area contributed by atoms with Crippen molar-refractivity contribution in [3.05, 3.63) is 29.8 Å². The molecule has 2 N–H and O–H groups in total. The van der Waals surface area contributed by atoms with Crippen LogP contribution in [0.3, 0.4) is 0 Å². The lowest BCUT2D eigenvalue weighted by Gasteiger charge is -2.18. The SMILES string of the molecule is CCC(COC)NC(=O)C1CNc2ccccc21. The van der Waals surface area contributed by atoms with Crippen molar-refractivity contribution in [2.45, 2.75) is 25.3 Å². The van der Waals surface area contributed by atoms with Crippen molar-refractivity contribution in [1.82, 2.24) is 5.32 Å². The Morgan fingerprint density at radius 2 is 2.33 bits per heavy atom. The van der Waals surface area contributed by atoms with Gasteiger partial charge in [-0.1, -0.05) is 25.1 Å². The summed E-state index contributed by atoms with van der Waals surface area (Å²) in [7, 11) is 1.65. The van der Waals surface area contributed by atoms with Gasteiger partial charge in [0.2, 0.25) is 5.91 Å². The van der Waals surface area contributed by atoms with E-state index in [4.69, 9.17) is 4.74 Å². The van der Waals surface area contributed by atoms with Crippen LogP contribution in [-0.4, -0.2) is 32.2 Å². The van der Waals surface area contributed by atoms with E-state index >= 15 is 0 Å². The summed E-state index contributed by atoms with van der Waals surface area (Å²) in [4.78, 5) is 12.2. The molecule has 2 rings (SSSR count). The molecule has 1 amide bonds. The van der Waals surface area contributed by atoms with Crippen molar-refractivity contribution in [2.24, 2.45) is 0 Å². The average molecular weight is 248 g/mol. The maximum Gasteiger partial charge on any atom is 0.229 e. The van der Waals surface area contributed by atoms with Crippen LogP contribution in [0.25, 0.3) is 0 Å². The Morgan fingerprint density at radius 3 is 3.06 bits per heavy atom. The molecule has 0 radical (unpaired) electrons. The van der Waals surface area contributed by atoms with Gasteiger partial charge >= 0.3 is 0 Å². The molecule has 0 aromatic heterocycles. The fourth-order valence-corrected chi connectivity index (χ4v) is 2.28. The number of hydrogen-bond acceptors (Lipinski definition) is 3. The summed E-state index contributed by atoms with van der Waals surface area (Å²) in [5.74, 6) is -0.0107. The van der Waals surface area contributed by atoms with E-state index < -0.39 is 0 Å². The summed E-state index contributed by atoms with van der Waals surface area (Å²) >= 11 is 0. The van der Waals surface area contributed by atoms with E-state index in [0.29, 0.717) is 13.2 Å². The van der Waals surface area contributed by atoms with E-state index in [2.05, 4.69) is 10.6 Å². The molecule has 1 aromatic carbocycles. The minimum Gasteiger partial charge on any atom is -0.384 e. The minimum absolute atomic E-state index is 0.0800. The lowest BCUT2D eigenvalue weighted by molar-refractivity contribution is -0.123. The summed E-state index contributed by atoms with van der Waals surface area (Å²) in [6, 6.07) is 8.06. The Hall–Kier alpha value is -1.55. The van der Waals surface area contributed by atoms with Gasteiger partial charge in [0.25, 0.3) is 0 Å². The third kappa shape index (κ3) is 2.64. The maximum absolute atomic E-state index is 12.2. The smallest absolute Gasteiger partial charge is 0.229 e. The number of amides is 1. The van der Waals surface area contributed by atoms with Crippen LogP contribution in [-0.2, 0) is 9.53 Å². The fraction of sp³-hybridized carbons (Fsp3) is 0.500. The second-order valence-electron chi connectivity index (χ2n) is 4.59. The molecule has 0 saturated heterocycles. The summed E-state index contributed by atoms with van der Waals surface area (Å²) in [6.07, 6.45) is 0.876. The molecule has 1 aromatic rings. The number of carbonyl (C=O) groups excluding carboxylic acids is 1. The van der Waals surface area contributed by atoms with Gasteiger partial charge in [-0.3, -0.25) is 4.79 Å². The lowest BCUT2D eigenvalue weighted by atomic mass is 10.00. The monoisotopic (exact) mass is 248 g/mol. The number of methoxy groups -OCH3 is 1. The van der Waals surface area contributed by atoms with E-state index in [1.165, 1.54) is 0 Å². The average Bonchev–Trinajstić information content (AvgIpc) is 2.82. The molecule has 2 unspecified atom stereocenters. The van der Waals surface area contributed by atoms with Crippen molar-refractivity contribution >= 4 is 11.6 Å². The van der Waals surface area contributed by atoms with Gasteiger partial charge in [0.1, 0.15) is 0 Å². The Bertz CT molecular complexity index is 420. The third-order valence-corrected chi connectivity index (χ3v) is 3.36. The van der Waals surface area contributed by atoms with Gasteiger partial charge in [0.05, 0.1) is 18.6 Å². The van der Waals surface area contributed by atoms with Crippen molar-refractivity contribution in [2.75, 3.05) is 25.6 Å². The highest BCUT2D eigenvalue weighted by Crippen LogP contribution is 2.31. The summed E-state index contributed by atoms with van der Waals surface area (Å²) in [5.41, 5.74) is 2.15. The lowest BCUT2D eigenvalue weighted by Crippen LogP contribution is -2.40. The summed E-state index contributed by atoms with van der Waals surface area (Å²) < 4.78 is 5.10. The quantitative estimate of drug-likeness (QED) is 0.834. The molecule has 0 saturated carbocycles. The van der Waals surface area contributed by atoms with Gasteiger partial charge in [-0.25, -0.2) is 0 Å². The van der Waals surface area contributed by atoms with Crippen molar-refractivity contribution in [1.29, 1.82) is 0 Å². The normalized spacial score (nSPS) is 18.9. The molecule has 4 heteroatoms. The zero-order valence-corrected chi connectivity index (χ0v) is 10.9. The van der Waals surface area contributed by atoms with Crippen LogP contribution < -0.4 is 10.6 Å². The molecule has 0 aliphatic carbocycles. The van der Waals surface area contributed by atoms with Crippen LogP contribution in [0, 0.1) is 0 Å². The number of rotatable bonds is 5. The van der Waals surface area contributed by atoms with E-state index in [1.54, 1.807) is 7.11 Å². The van der Waals surface area contributed by atoms with Gasteiger partial charge in [0, 0.05) is 19.3 Å². The first-order chi connectivity index (χ1) is 8.76. The van der Waals surface area contributed by atoms with Crippen molar-refractivity contribution in [3.63, 3.8) is 0 Å². The second kappa shape index (κ2) is 5.87. The number of carbonyl (C=O) groups is 1. The van der Waals surface area contributed by atoms with Gasteiger partial charge in [0.15, 0.2) is 0 Å². The molecule has 1 heterocycles. The van der Waals surface area contributed by atoms with Crippen molar-refractivity contribution < 1.29 is 9.53 Å². The van der Waals surface area contributed by atoms with Crippen LogP contribution in [0.4, 0.5) is 5.69 Å². The molecule has 0 spiro atoms. The number of ether oxygens (including phenoxy) is 1. The predicted molar refractivity (Wildman–Crippen MR) is 71.8 cm³/mol. The molecule has 0 fully saturated rings. The Labute approximate surface area is 108 Å². The summed E-state index contributed by atoms with van der Waals surface area (Å²) in [6.45, 7) is 3.28. The topological polar surface area (TPSA) is 50.4 Å². The first kappa shape index (κ1) is 12.9. The third-order valence-electron chi connectivity index (χ3n) is 3.36. The Morgan fingerprint density at radius 1 is 1.56 bits per heavy atom. The molecule has 0 bridgehead atoms. The summed E-state index contributed by atoms with van der Waals surface area (Å²) in [5, 5.41) is 6.31. The molecule has 2 atom stereocenters. The molecule has 18 heavy (non-hydrogen) atoms. The molecule has 98 valence electrons. The zero-order chi connectivity index (χ0) is 13.0. The molecular weight excluding hydrogens is 228 g/mol.